The molecule has 0 radical (unpaired) electrons. The Hall–Kier alpha value is -3.84. The molecule has 0 saturated heterocycles. The lowest BCUT2D eigenvalue weighted by Crippen LogP contribution is -2.21. The van der Waals surface area contributed by atoms with Crippen LogP contribution in [-0.2, 0) is 6.54 Å². The minimum absolute atomic E-state index is 0.129. The fourth-order valence-corrected chi connectivity index (χ4v) is 4.12. The monoisotopic (exact) mass is 444 g/mol. The van der Waals surface area contributed by atoms with Crippen molar-refractivity contribution in [2.24, 2.45) is 0 Å². The summed E-state index contributed by atoms with van der Waals surface area (Å²) >= 11 is 6.01. The molecule has 0 N–H and O–H groups in total. The third-order valence-corrected chi connectivity index (χ3v) is 5.83. The first-order valence-corrected chi connectivity index (χ1v) is 10.6. The number of pyridine rings is 1. The minimum atomic E-state index is -0.129. The van der Waals surface area contributed by atoms with Crippen molar-refractivity contribution in [3.63, 3.8) is 0 Å². The van der Waals surface area contributed by atoms with E-state index in [1.54, 1.807) is 27.7 Å². The summed E-state index contributed by atoms with van der Waals surface area (Å²) in [6, 6.07) is 15.1. The number of ether oxygens (including phenoxy) is 2. The summed E-state index contributed by atoms with van der Waals surface area (Å²) in [5.41, 5.74) is 4.05. The normalized spacial score (nSPS) is 13.0. The molecule has 0 atom stereocenters. The van der Waals surface area contributed by atoms with Crippen molar-refractivity contribution in [1.29, 1.82) is 0 Å². The second-order valence-electron chi connectivity index (χ2n) is 7.58. The molecule has 158 valence electrons. The van der Waals surface area contributed by atoms with Crippen molar-refractivity contribution < 1.29 is 9.47 Å². The molecule has 0 fully saturated rings. The van der Waals surface area contributed by atoms with E-state index in [9.17, 15) is 4.79 Å². The lowest BCUT2D eigenvalue weighted by molar-refractivity contribution is 0.171. The number of hydrogen-bond donors (Lipinski definition) is 0. The van der Waals surface area contributed by atoms with Gasteiger partial charge in [-0.1, -0.05) is 29.8 Å². The Morgan fingerprint density at radius 2 is 1.78 bits per heavy atom. The zero-order valence-corrected chi connectivity index (χ0v) is 17.6. The Morgan fingerprint density at radius 3 is 2.62 bits per heavy atom. The average Bonchev–Trinajstić information content (AvgIpc) is 3.26. The molecule has 32 heavy (non-hydrogen) atoms. The van der Waals surface area contributed by atoms with Crippen LogP contribution in [0.25, 0.3) is 27.7 Å². The van der Waals surface area contributed by atoms with Crippen LogP contribution >= 0.6 is 11.6 Å². The van der Waals surface area contributed by atoms with Gasteiger partial charge in [0.1, 0.15) is 13.2 Å². The number of fused-ring (bicyclic) bond motifs is 4. The Morgan fingerprint density at radius 1 is 0.969 bits per heavy atom. The second kappa shape index (κ2) is 7.39. The molecule has 3 aromatic heterocycles. The molecule has 8 heteroatoms. The summed E-state index contributed by atoms with van der Waals surface area (Å²) in [6.07, 6.45) is 5.16. The number of aromatic nitrogens is 4. The first-order valence-electron chi connectivity index (χ1n) is 10.2. The third kappa shape index (κ3) is 3.09. The Kier molecular flexibility index (Phi) is 4.36. The molecular weight excluding hydrogens is 428 g/mol. The molecule has 0 spiro atoms. The molecule has 0 amide bonds. The van der Waals surface area contributed by atoms with Gasteiger partial charge in [-0.25, -0.2) is 9.50 Å². The maximum atomic E-state index is 13.2. The second-order valence-corrected chi connectivity index (χ2v) is 8.02. The van der Waals surface area contributed by atoms with Crippen LogP contribution in [-0.4, -0.2) is 32.4 Å². The Bertz CT molecular complexity index is 1540. The zero-order chi connectivity index (χ0) is 21.7. The molecule has 2 aromatic carbocycles. The predicted octanol–water partition coefficient (Wildman–Crippen LogP) is 4.18. The molecule has 0 bridgehead atoms. The molecule has 7 nitrogen and oxygen atoms in total. The molecule has 1 aliphatic rings. The lowest BCUT2D eigenvalue weighted by Gasteiger charge is -2.19. The molecule has 4 heterocycles. The summed E-state index contributed by atoms with van der Waals surface area (Å²) in [6.45, 7) is 1.49. The smallest absolute Gasteiger partial charge is 0.261 e. The highest BCUT2D eigenvalue weighted by Crippen LogP contribution is 2.31. The first kappa shape index (κ1) is 18.9. The average molecular weight is 445 g/mol. The van der Waals surface area contributed by atoms with Crippen LogP contribution in [0.15, 0.2) is 71.9 Å². The van der Waals surface area contributed by atoms with E-state index in [-0.39, 0.29) is 5.56 Å². The van der Waals surface area contributed by atoms with E-state index in [0.29, 0.717) is 47.1 Å². The largest absolute Gasteiger partial charge is 0.486 e. The zero-order valence-electron chi connectivity index (χ0n) is 16.9. The van der Waals surface area contributed by atoms with E-state index in [2.05, 4.69) is 10.1 Å². The summed E-state index contributed by atoms with van der Waals surface area (Å²) in [5, 5.41) is 5.66. The molecule has 6 rings (SSSR count). The van der Waals surface area contributed by atoms with Crippen molar-refractivity contribution in [2.45, 2.75) is 6.54 Å². The van der Waals surface area contributed by atoms with Gasteiger partial charge in [-0.2, -0.15) is 5.10 Å². The van der Waals surface area contributed by atoms with E-state index < -0.39 is 0 Å². The minimum Gasteiger partial charge on any atom is -0.486 e. The molecule has 1 aliphatic heterocycles. The highest BCUT2D eigenvalue weighted by Gasteiger charge is 2.15. The summed E-state index contributed by atoms with van der Waals surface area (Å²) < 4.78 is 14.6. The van der Waals surface area contributed by atoms with Crippen LogP contribution in [0.5, 0.6) is 11.5 Å². The van der Waals surface area contributed by atoms with Crippen LogP contribution in [0.2, 0.25) is 5.02 Å². The molecular formula is C24H17ClN4O3. The van der Waals surface area contributed by atoms with Crippen molar-refractivity contribution in [2.75, 3.05) is 13.2 Å². The van der Waals surface area contributed by atoms with Gasteiger partial charge in [0, 0.05) is 23.0 Å². The maximum absolute atomic E-state index is 13.2. The van der Waals surface area contributed by atoms with E-state index in [0.717, 1.165) is 22.4 Å². The van der Waals surface area contributed by atoms with Gasteiger partial charge in [0.15, 0.2) is 17.1 Å². The SMILES string of the molecule is O=c1c2cnc3c(-c4ccc(Cl)cc4)cnn3c2ccn1Cc1ccc2c(c1)OCCO2. The van der Waals surface area contributed by atoms with Gasteiger partial charge < -0.3 is 14.0 Å². The van der Waals surface area contributed by atoms with Gasteiger partial charge in [-0.3, -0.25) is 4.79 Å². The lowest BCUT2D eigenvalue weighted by atomic mass is 10.1. The molecule has 0 unspecified atom stereocenters. The van der Waals surface area contributed by atoms with Crippen molar-refractivity contribution in [3.05, 3.63) is 88.1 Å². The van der Waals surface area contributed by atoms with Gasteiger partial charge in [-0.05, 0) is 41.5 Å². The van der Waals surface area contributed by atoms with Crippen molar-refractivity contribution in [1.82, 2.24) is 19.2 Å². The molecule has 0 saturated carbocycles. The third-order valence-electron chi connectivity index (χ3n) is 5.58. The summed E-state index contributed by atoms with van der Waals surface area (Å²) in [5.74, 6) is 1.44. The Balaban J connectivity index is 1.40. The highest BCUT2D eigenvalue weighted by atomic mass is 35.5. The van der Waals surface area contributed by atoms with Crippen LogP contribution in [0.3, 0.4) is 0 Å². The summed E-state index contributed by atoms with van der Waals surface area (Å²) in [4.78, 5) is 17.7. The van der Waals surface area contributed by atoms with Crippen molar-refractivity contribution >= 4 is 28.2 Å². The Labute approximate surface area is 187 Å². The van der Waals surface area contributed by atoms with Gasteiger partial charge in [0.2, 0.25) is 0 Å². The number of nitrogens with zero attached hydrogens (tertiary/aromatic N) is 4. The van der Waals surface area contributed by atoms with E-state index in [4.69, 9.17) is 21.1 Å². The fraction of sp³-hybridized carbons (Fsp3) is 0.125. The quantitative estimate of drug-likeness (QED) is 0.417. The van der Waals surface area contributed by atoms with Crippen LogP contribution in [0, 0.1) is 0 Å². The standard InChI is InChI=1S/C24H17ClN4O3/c25-17-4-2-16(3-5-17)18-13-27-29-20-7-8-28(24(30)19(20)12-26-23(18)29)14-15-1-6-21-22(11-15)32-10-9-31-21/h1-8,11-13H,9-10,14H2. The first-order chi connectivity index (χ1) is 15.7. The number of benzene rings is 2. The fourth-order valence-electron chi connectivity index (χ4n) is 4.00. The maximum Gasteiger partial charge on any atom is 0.261 e. The molecule has 0 aliphatic carbocycles. The van der Waals surface area contributed by atoms with Gasteiger partial charge in [0.05, 0.1) is 23.6 Å². The number of rotatable bonds is 3. The van der Waals surface area contributed by atoms with Gasteiger partial charge >= 0.3 is 0 Å². The van der Waals surface area contributed by atoms with E-state index in [1.807, 2.05) is 48.5 Å². The van der Waals surface area contributed by atoms with Gasteiger partial charge in [0.25, 0.3) is 5.56 Å². The van der Waals surface area contributed by atoms with Crippen LogP contribution in [0.1, 0.15) is 5.56 Å². The highest BCUT2D eigenvalue weighted by molar-refractivity contribution is 6.30. The predicted molar refractivity (Wildman–Crippen MR) is 122 cm³/mol. The van der Waals surface area contributed by atoms with Crippen LogP contribution < -0.4 is 15.0 Å². The van der Waals surface area contributed by atoms with E-state index in [1.165, 1.54) is 0 Å². The molecule has 5 aromatic rings. The summed E-state index contributed by atoms with van der Waals surface area (Å²) in [7, 11) is 0. The van der Waals surface area contributed by atoms with Gasteiger partial charge in [-0.15, -0.1) is 0 Å². The topological polar surface area (TPSA) is 70.7 Å². The van der Waals surface area contributed by atoms with Crippen molar-refractivity contribution in [3.8, 4) is 22.6 Å². The van der Waals surface area contributed by atoms with Crippen LogP contribution in [0.4, 0.5) is 0 Å². The van der Waals surface area contributed by atoms with E-state index >= 15 is 0 Å². The number of halogens is 1. The number of hydrogen-bond acceptors (Lipinski definition) is 5.